The highest BCUT2D eigenvalue weighted by Crippen LogP contribution is 2.21. The Morgan fingerprint density at radius 2 is 1.94 bits per heavy atom. The van der Waals surface area contributed by atoms with Gasteiger partial charge in [-0.15, -0.1) is 4.91 Å². The zero-order chi connectivity index (χ0) is 12.1. The third-order valence-electron chi connectivity index (χ3n) is 2.17. The van der Waals surface area contributed by atoms with Gasteiger partial charge in [0, 0.05) is 5.56 Å². The van der Waals surface area contributed by atoms with E-state index in [9.17, 15) is 14.8 Å². The largest absolute Gasteiger partial charge is 0.505 e. The number of aryl methyl sites for hydroxylation is 1. The molecule has 0 aliphatic rings. The first kappa shape index (κ1) is 11.9. The van der Waals surface area contributed by atoms with Gasteiger partial charge in [-0.3, -0.25) is 0 Å². The van der Waals surface area contributed by atoms with Gasteiger partial charge in [0.2, 0.25) is 5.70 Å². The highest BCUT2D eigenvalue weighted by atomic mass is 16.4. The minimum absolute atomic E-state index is 0.321. The molecule has 0 bridgehead atoms. The SMILES string of the molecule is CCc1ccccc1C(O)=C(N=O)C(=O)O. The van der Waals surface area contributed by atoms with Crippen LogP contribution >= 0.6 is 0 Å². The van der Waals surface area contributed by atoms with E-state index in [0.717, 1.165) is 5.56 Å². The van der Waals surface area contributed by atoms with Gasteiger partial charge in [-0.2, -0.15) is 0 Å². The zero-order valence-electron chi connectivity index (χ0n) is 8.67. The second-order valence-corrected chi connectivity index (χ2v) is 3.10. The van der Waals surface area contributed by atoms with Crippen molar-refractivity contribution in [2.45, 2.75) is 13.3 Å². The Labute approximate surface area is 92.0 Å². The predicted molar refractivity (Wildman–Crippen MR) is 58.8 cm³/mol. The number of carbonyl (C=O) groups is 1. The summed E-state index contributed by atoms with van der Waals surface area (Å²) in [7, 11) is 0. The van der Waals surface area contributed by atoms with E-state index >= 15 is 0 Å². The van der Waals surface area contributed by atoms with E-state index in [1.54, 1.807) is 24.3 Å². The van der Waals surface area contributed by atoms with Crippen LogP contribution in [-0.4, -0.2) is 16.2 Å². The first-order chi connectivity index (χ1) is 7.61. The van der Waals surface area contributed by atoms with Crippen molar-refractivity contribution in [3.05, 3.63) is 46.0 Å². The Balaban J connectivity index is 3.37. The van der Waals surface area contributed by atoms with Crippen molar-refractivity contribution in [1.29, 1.82) is 0 Å². The van der Waals surface area contributed by atoms with Crippen LogP contribution in [-0.2, 0) is 11.2 Å². The van der Waals surface area contributed by atoms with Crippen molar-refractivity contribution in [3.63, 3.8) is 0 Å². The minimum Gasteiger partial charge on any atom is -0.505 e. The predicted octanol–water partition coefficient (Wildman–Crippen LogP) is 2.33. The number of aliphatic hydroxyl groups is 1. The van der Waals surface area contributed by atoms with E-state index in [2.05, 4.69) is 5.18 Å². The number of carboxylic acids is 1. The fraction of sp³-hybridized carbons (Fsp3) is 0.182. The van der Waals surface area contributed by atoms with Crippen LogP contribution in [0.1, 0.15) is 18.1 Å². The molecule has 0 heterocycles. The molecule has 1 aromatic rings. The van der Waals surface area contributed by atoms with Crippen molar-refractivity contribution in [1.82, 2.24) is 0 Å². The van der Waals surface area contributed by atoms with Gasteiger partial charge < -0.3 is 10.2 Å². The lowest BCUT2D eigenvalue weighted by atomic mass is 10.0. The lowest BCUT2D eigenvalue weighted by Crippen LogP contribution is -2.03. The quantitative estimate of drug-likeness (QED) is 0.464. The standard InChI is InChI=1S/C11H11NO4/c1-2-7-5-3-4-6-8(7)10(13)9(12-16)11(14)15/h3-6,13H,2H2,1H3,(H,14,15). The number of rotatable bonds is 4. The number of nitroso groups, excluding NO2 is 1. The van der Waals surface area contributed by atoms with Gasteiger partial charge in [0.1, 0.15) is 0 Å². The smallest absolute Gasteiger partial charge is 0.362 e. The second kappa shape index (κ2) is 5.06. The number of carboxylic acid groups (broad SMARTS) is 1. The molecule has 0 unspecified atom stereocenters. The zero-order valence-corrected chi connectivity index (χ0v) is 8.67. The van der Waals surface area contributed by atoms with Gasteiger partial charge in [0.15, 0.2) is 5.76 Å². The Kier molecular flexibility index (Phi) is 3.77. The van der Waals surface area contributed by atoms with E-state index < -0.39 is 17.4 Å². The highest BCUT2D eigenvalue weighted by molar-refractivity contribution is 5.94. The van der Waals surface area contributed by atoms with Crippen LogP contribution in [0.2, 0.25) is 0 Å². The molecule has 0 spiro atoms. The first-order valence-corrected chi connectivity index (χ1v) is 4.70. The molecule has 5 nitrogen and oxygen atoms in total. The maximum Gasteiger partial charge on any atom is 0.362 e. The molecule has 1 rings (SSSR count). The molecule has 0 atom stereocenters. The van der Waals surface area contributed by atoms with E-state index in [-0.39, 0.29) is 0 Å². The molecule has 0 saturated heterocycles. The molecule has 0 radical (unpaired) electrons. The van der Waals surface area contributed by atoms with E-state index in [1.807, 2.05) is 6.92 Å². The van der Waals surface area contributed by atoms with Crippen molar-refractivity contribution in [2.75, 3.05) is 0 Å². The van der Waals surface area contributed by atoms with Crippen LogP contribution in [0.4, 0.5) is 0 Å². The van der Waals surface area contributed by atoms with Crippen molar-refractivity contribution in [2.24, 2.45) is 5.18 Å². The summed E-state index contributed by atoms with van der Waals surface area (Å²) in [5.74, 6) is -2.14. The number of benzene rings is 1. The number of hydrogen-bond acceptors (Lipinski definition) is 4. The molecule has 1 aromatic carbocycles. The van der Waals surface area contributed by atoms with Crippen LogP contribution in [0.25, 0.3) is 5.76 Å². The third-order valence-corrected chi connectivity index (χ3v) is 2.17. The lowest BCUT2D eigenvalue weighted by molar-refractivity contribution is -0.132. The maximum atomic E-state index is 10.6. The number of hydrogen-bond donors (Lipinski definition) is 2. The van der Waals surface area contributed by atoms with Gasteiger partial charge >= 0.3 is 5.97 Å². The average molecular weight is 221 g/mol. The Morgan fingerprint density at radius 1 is 1.31 bits per heavy atom. The van der Waals surface area contributed by atoms with Crippen LogP contribution in [0, 0.1) is 4.91 Å². The molecular formula is C11H11NO4. The van der Waals surface area contributed by atoms with E-state index in [0.29, 0.717) is 12.0 Å². The summed E-state index contributed by atoms with van der Waals surface area (Å²) in [6.45, 7) is 1.86. The lowest BCUT2D eigenvalue weighted by Gasteiger charge is -2.06. The van der Waals surface area contributed by atoms with E-state index in [4.69, 9.17) is 5.11 Å². The first-order valence-electron chi connectivity index (χ1n) is 4.70. The summed E-state index contributed by atoms with van der Waals surface area (Å²) < 4.78 is 0. The van der Waals surface area contributed by atoms with Crippen LogP contribution in [0.15, 0.2) is 35.1 Å². The van der Waals surface area contributed by atoms with Gasteiger partial charge in [-0.1, -0.05) is 31.2 Å². The van der Waals surface area contributed by atoms with Crippen molar-refractivity contribution in [3.8, 4) is 0 Å². The van der Waals surface area contributed by atoms with Gasteiger partial charge in [0.25, 0.3) is 0 Å². The van der Waals surface area contributed by atoms with Crippen LogP contribution in [0.5, 0.6) is 0 Å². The van der Waals surface area contributed by atoms with Crippen molar-refractivity contribution < 1.29 is 15.0 Å². The van der Waals surface area contributed by atoms with Gasteiger partial charge in [-0.05, 0) is 17.2 Å². The summed E-state index contributed by atoms with van der Waals surface area (Å²) in [6.07, 6.45) is 0.617. The molecular weight excluding hydrogens is 210 g/mol. The fourth-order valence-electron chi connectivity index (χ4n) is 1.37. The normalized spacial score (nSPS) is 11.8. The molecule has 84 valence electrons. The van der Waals surface area contributed by atoms with Crippen LogP contribution in [0.3, 0.4) is 0 Å². The summed E-state index contributed by atoms with van der Waals surface area (Å²) in [5.41, 5.74) is 0.199. The molecule has 0 amide bonds. The molecule has 0 fully saturated rings. The summed E-state index contributed by atoms with van der Waals surface area (Å²) in [6, 6.07) is 6.71. The molecule has 0 aliphatic heterocycles. The Morgan fingerprint density at radius 3 is 2.44 bits per heavy atom. The second-order valence-electron chi connectivity index (χ2n) is 3.10. The average Bonchev–Trinajstić information content (AvgIpc) is 2.29. The molecule has 0 aliphatic carbocycles. The highest BCUT2D eigenvalue weighted by Gasteiger charge is 2.18. The Hall–Kier alpha value is -2.17. The van der Waals surface area contributed by atoms with Gasteiger partial charge in [0.05, 0.1) is 0 Å². The number of aliphatic carboxylic acids is 1. The fourth-order valence-corrected chi connectivity index (χ4v) is 1.37. The van der Waals surface area contributed by atoms with Crippen LogP contribution < -0.4 is 0 Å². The minimum atomic E-state index is -1.54. The number of aliphatic hydroxyl groups excluding tert-OH is 1. The summed E-state index contributed by atoms with van der Waals surface area (Å²) >= 11 is 0. The third kappa shape index (κ3) is 2.25. The van der Waals surface area contributed by atoms with Crippen molar-refractivity contribution >= 4 is 11.7 Å². The molecule has 2 N–H and O–H groups in total. The Bertz CT molecular complexity index is 451. The molecule has 0 aromatic heterocycles. The van der Waals surface area contributed by atoms with E-state index in [1.165, 1.54) is 0 Å². The molecule has 5 heteroatoms. The molecule has 0 saturated carbocycles. The van der Waals surface area contributed by atoms with Gasteiger partial charge in [-0.25, -0.2) is 4.79 Å². The maximum absolute atomic E-state index is 10.6. The molecule has 16 heavy (non-hydrogen) atoms. The topological polar surface area (TPSA) is 87.0 Å². The summed E-state index contributed by atoms with van der Waals surface area (Å²) in [4.78, 5) is 20.9. The summed E-state index contributed by atoms with van der Waals surface area (Å²) in [5, 5.41) is 20.6. The monoisotopic (exact) mass is 221 g/mol. The number of nitrogens with zero attached hydrogens (tertiary/aromatic N) is 1.